The van der Waals surface area contributed by atoms with Crippen molar-refractivity contribution >= 4 is 0 Å². The van der Waals surface area contributed by atoms with Crippen molar-refractivity contribution < 1.29 is 24.8 Å². The lowest BCUT2D eigenvalue weighted by Crippen LogP contribution is -2.38. The van der Waals surface area contributed by atoms with Crippen LogP contribution in [0.2, 0.25) is 0 Å². The van der Waals surface area contributed by atoms with E-state index in [9.17, 15) is 0 Å². The molecular weight excluding hydrogens is 236 g/mol. The van der Waals surface area contributed by atoms with Crippen molar-refractivity contribution in [1.29, 1.82) is 0 Å². The van der Waals surface area contributed by atoms with E-state index in [0.29, 0.717) is 6.61 Å². The lowest BCUT2D eigenvalue weighted by molar-refractivity contribution is -0.125. The fourth-order valence-corrected chi connectivity index (χ4v) is 1.71. The van der Waals surface area contributed by atoms with Gasteiger partial charge in [0.1, 0.15) is 0 Å². The van der Waals surface area contributed by atoms with E-state index >= 15 is 0 Å². The molecule has 0 bridgehead atoms. The summed E-state index contributed by atoms with van der Waals surface area (Å²) in [4.78, 5) is 0. The van der Waals surface area contributed by atoms with Gasteiger partial charge in [-0.15, -0.1) is 0 Å². The normalized spacial score (nSPS) is 26.5. The van der Waals surface area contributed by atoms with Crippen molar-refractivity contribution in [2.24, 2.45) is 0 Å². The van der Waals surface area contributed by atoms with Gasteiger partial charge >= 0.3 is 0 Å². The third-order valence-electron chi connectivity index (χ3n) is 2.68. The minimum atomic E-state index is 0.167. The highest BCUT2D eigenvalue weighted by Gasteiger charge is 2.27. The molecule has 5 nitrogen and oxygen atoms in total. The van der Waals surface area contributed by atoms with Crippen molar-refractivity contribution in [2.75, 3.05) is 27.4 Å². The predicted octanol–water partition coefficient (Wildman–Crippen LogP) is 0.948. The van der Waals surface area contributed by atoms with E-state index in [0.717, 1.165) is 32.8 Å². The molecule has 0 saturated carbocycles. The third kappa shape index (κ3) is 9.79. The Morgan fingerprint density at radius 3 is 2.06 bits per heavy atom. The van der Waals surface area contributed by atoms with Crippen LogP contribution in [-0.2, 0) is 9.47 Å². The largest absolute Gasteiger partial charge is 0.400 e. The van der Waals surface area contributed by atoms with Crippen molar-refractivity contribution in [3.8, 4) is 0 Å². The van der Waals surface area contributed by atoms with Crippen LogP contribution in [0.15, 0.2) is 0 Å². The molecule has 0 aromatic carbocycles. The molecule has 0 aromatic rings. The molecule has 1 fully saturated rings. The van der Waals surface area contributed by atoms with E-state index in [1.54, 1.807) is 7.11 Å². The summed E-state index contributed by atoms with van der Waals surface area (Å²) in [6, 6.07) is 0. The first kappa shape index (κ1) is 20.1. The maximum absolute atomic E-state index is 8.72. The minimum Gasteiger partial charge on any atom is -0.400 e. The molecule has 2 unspecified atom stereocenters. The van der Waals surface area contributed by atoms with Crippen LogP contribution >= 0.6 is 0 Å². The number of aliphatic hydroxyl groups excluding tert-OH is 3. The van der Waals surface area contributed by atoms with Crippen LogP contribution in [0.1, 0.15) is 39.5 Å². The van der Waals surface area contributed by atoms with E-state index in [-0.39, 0.29) is 24.9 Å². The third-order valence-corrected chi connectivity index (χ3v) is 2.68. The molecule has 1 aliphatic heterocycles. The summed E-state index contributed by atoms with van der Waals surface area (Å²) in [6.07, 6.45) is 4.31. The first-order valence-electron chi connectivity index (χ1n) is 6.54. The molecule has 1 heterocycles. The quantitative estimate of drug-likeness (QED) is 0.706. The Labute approximate surface area is 111 Å². The molecule has 18 heavy (non-hydrogen) atoms. The molecule has 0 aliphatic carbocycles. The molecule has 112 valence electrons. The van der Waals surface area contributed by atoms with E-state index < -0.39 is 0 Å². The van der Waals surface area contributed by atoms with Gasteiger partial charge in [-0.25, -0.2) is 0 Å². The Morgan fingerprint density at radius 2 is 1.72 bits per heavy atom. The van der Waals surface area contributed by atoms with Crippen molar-refractivity contribution in [2.45, 2.75) is 57.8 Å². The van der Waals surface area contributed by atoms with Crippen LogP contribution in [-0.4, -0.2) is 61.1 Å². The number of aliphatic hydroxyl groups is 3. The molecule has 0 spiro atoms. The van der Waals surface area contributed by atoms with Gasteiger partial charge < -0.3 is 24.8 Å². The Bertz CT molecular complexity index is 152. The van der Waals surface area contributed by atoms with Crippen molar-refractivity contribution in [3.05, 3.63) is 0 Å². The number of rotatable bonds is 4. The van der Waals surface area contributed by atoms with Crippen LogP contribution in [0.3, 0.4) is 0 Å². The Kier molecular flexibility index (Phi) is 16.6. The Morgan fingerprint density at radius 1 is 1.17 bits per heavy atom. The molecule has 0 amide bonds. The molecule has 1 saturated heterocycles. The fraction of sp³-hybridized carbons (Fsp3) is 1.00. The van der Waals surface area contributed by atoms with Crippen LogP contribution in [0, 0.1) is 0 Å². The molecule has 3 atom stereocenters. The summed E-state index contributed by atoms with van der Waals surface area (Å²) in [6.45, 7) is 4.49. The summed E-state index contributed by atoms with van der Waals surface area (Å²) in [5, 5.41) is 23.6. The van der Waals surface area contributed by atoms with Crippen LogP contribution < -0.4 is 0 Å². The summed E-state index contributed by atoms with van der Waals surface area (Å²) in [5.74, 6) is 0. The van der Waals surface area contributed by atoms with Crippen molar-refractivity contribution in [1.82, 2.24) is 0 Å². The summed E-state index contributed by atoms with van der Waals surface area (Å²) < 4.78 is 10.9. The van der Waals surface area contributed by atoms with Gasteiger partial charge in [0.15, 0.2) is 0 Å². The van der Waals surface area contributed by atoms with Gasteiger partial charge in [-0.1, -0.05) is 6.92 Å². The molecular formula is C13H30O5. The summed E-state index contributed by atoms with van der Waals surface area (Å²) in [7, 11) is 2.72. The van der Waals surface area contributed by atoms with Crippen molar-refractivity contribution in [3.63, 3.8) is 0 Å². The van der Waals surface area contributed by atoms with Gasteiger partial charge in [0.2, 0.25) is 0 Å². The maximum Gasteiger partial charge on any atom is 0.0831 e. The zero-order valence-corrected chi connectivity index (χ0v) is 12.1. The average Bonchev–Trinajstić information content (AvgIpc) is 2.42. The number of hydrogen-bond acceptors (Lipinski definition) is 5. The number of methoxy groups -OCH3 is 1. The van der Waals surface area contributed by atoms with Gasteiger partial charge in [-0.3, -0.25) is 0 Å². The molecule has 0 radical (unpaired) electrons. The highest BCUT2D eigenvalue weighted by atomic mass is 16.5. The molecule has 1 aliphatic rings. The van der Waals surface area contributed by atoms with Crippen LogP contribution in [0.4, 0.5) is 0 Å². The monoisotopic (exact) mass is 266 g/mol. The smallest absolute Gasteiger partial charge is 0.0831 e. The molecule has 5 heteroatoms. The maximum atomic E-state index is 8.72. The summed E-state index contributed by atoms with van der Waals surface area (Å²) >= 11 is 0. The lowest BCUT2D eigenvalue weighted by Gasteiger charge is -2.33. The second-order valence-corrected chi connectivity index (χ2v) is 4.05. The van der Waals surface area contributed by atoms with Gasteiger partial charge in [0.05, 0.1) is 18.3 Å². The van der Waals surface area contributed by atoms with Gasteiger partial charge in [0, 0.05) is 27.4 Å². The van der Waals surface area contributed by atoms with E-state index in [2.05, 4.69) is 0 Å². The molecule has 0 aromatic heterocycles. The fourth-order valence-electron chi connectivity index (χ4n) is 1.71. The molecule has 1 rings (SSSR count). The van der Waals surface area contributed by atoms with Gasteiger partial charge in [0.25, 0.3) is 0 Å². The minimum absolute atomic E-state index is 0.167. The molecule has 3 N–H and O–H groups in total. The topological polar surface area (TPSA) is 79.2 Å². The Balaban J connectivity index is 0. The highest BCUT2D eigenvalue weighted by molar-refractivity contribution is 4.76. The SMILES string of the molecule is CCCO.CO.COC1CCC(CCO)O[C@H]1C. The second-order valence-electron chi connectivity index (χ2n) is 4.05. The van der Waals surface area contributed by atoms with Gasteiger partial charge in [-0.2, -0.15) is 0 Å². The lowest BCUT2D eigenvalue weighted by atomic mass is 10.0. The predicted molar refractivity (Wildman–Crippen MR) is 71.6 cm³/mol. The van der Waals surface area contributed by atoms with Crippen LogP contribution in [0.5, 0.6) is 0 Å². The van der Waals surface area contributed by atoms with E-state index in [1.807, 2.05) is 13.8 Å². The van der Waals surface area contributed by atoms with E-state index in [1.165, 1.54) is 0 Å². The first-order valence-corrected chi connectivity index (χ1v) is 6.54. The Hall–Kier alpha value is -0.200. The highest BCUT2D eigenvalue weighted by Crippen LogP contribution is 2.22. The zero-order chi connectivity index (χ0) is 14.4. The second kappa shape index (κ2) is 14.9. The summed E-state index contributed by atoms with van der Waals surface area (Å²) in [5.41, 5.74) is 0. The van der Waals surface area contributed by atoms with E-state index in [4.69, 9.17) is 24.8 Å². The number of hydrogen-bond donors (Lipinski definition) is 3. The zero-order valence-electron chi connectivity index (χ0n) is 12.1. The van der Waals surface area contributed by atoms with Gasteiger partial charge in [-0.05, 0) is 32.6 Å². The number of ether oxygens (including phenoxy) is 2. The standard InChI is InChI=1S/C9H18O3.C3H8O.CH4O/c1-7-9(11-2)4-3-8(12-7)5-6-10;1-2-3-4;1-2/h7-10H,3-6H2,1-2H3;4H,2-3H2,1H3;2H,1H3/t7-,8?,9?;;/m0../s1. The average molecular weight is 266 g/mol. The van der Waals surface area contributed by atoms with Crippen LogP contribution in [0.25, 0.3) is 0 Å². The first-order chi connectivity index (χ1) is 8.69.